The van der Waals surface area contributed by atoms with Gasteiger partial charge in [-0.3, -0.25) is 9.59 Å². The van der Waals surface area contributed by atoms with E-state index < -0.39 is 12.0 Å². The van der Waals surface area contributed by atoms with Crippen molar-refractivity contribution >= 4 is 29.3 Å². The first kappa shape index (κ1) is 19.4. The van der Waals surface area contributed by atoms with E-state index in [1.54, 1.807) is 28.9 Å². The molecule has 1 aliphatic heterocycles. The normalized spacial score (nSPS) is 15.1. The van der Waals surface area contributed by atoms with Gasteiger partial charge in [-0.2, -0.15) is 5.10 Å². The highest BCUT2D eigenvalue weighted by Crippen LogP contribution is 2.34. The molecule has 4 rings (SSSR count). The average Bonchev–Trinajstić information content (AvgIpc) is 3.10. The van der Waals surface area contributed by atoms with E-state index >= 15 is 0 Å². The fourth-order valence-electron chi connectivity index (χ4n) is 3.45. The van der Waals surface area contributed by atoms with Gasteiger partial charge in [-0.25, -0.2) is 9.48 Å². The Balaban J connectivity index is 1.62. The Hall–Kier alpha value is -3.94. The van der Waals surface area contributed by atoms with Crippen molar-refractivity contribution in [2.24, 2.45) is 0 Å². The van der Waals surface area contributed by atoms with Gasteiger partial charge in [0.15, 0.2) is 0 Å². The van der Waals surface area contributed by atoms with Gasteiger partial charge < -0.3 is 15.4 Å². The molecule has 2 N–H and O–H groups in total. The Labute approximate surface area is 172 Å². The number of methoxy groups -OCH3 is 1. The molecule has 2 heterocycles. The lowest BCUT2D eigenvalue weighted by molar-refractivity contribution is -0.125. The second-order valence-corrected chi connectivity index (χ2v) is 6.96. The van der Waals surface area contributed by atoms with Crippen LogP contribution in [-0.2, 0) is 14.3 Å². The minimum Gasteiger partial charge on any atom is -0.465 e. The first-order chi connectivity index (χ1) is 14.5. The summed E-state index contributed by atoms with van der Waals surface area (Å²) in [6, 6.07) is 15.2. The minimum absolute atomic E-state index is 0.0194. The highest BCUT2D eigenvalue weighted by atomic mass is 16.5. The zero-order chi connectivity index (χ0) is 21.3. The number of anilines is 2. The third kappa shape index (κ3) is 3.55. The quantitative estimate of drug-likeness (QED) is 0.651. The third-order valence-electron chi connectivity index (χ3n) is 5.00. The molecule has 0 saturated heterocycles. The lowest BCUT2D eigenvalue weighted by atomic mass is 10.1. The third-order valence-corrected chi connectivity index (χ3v) is 5.00. The summed E-state index contributed by atoms with van der Waals surface area (Å²) in [5.41, 5.74) is 3.31. The van der Waals surface area contributed by atoms with Crippen molar-refractivity contribution in [3.05, 3.63) is 65.7 Å². The maximum atomic E-state index is 13.0. The van der Waals surface area contributed by atoms with Crippen LogP contribution in [0.25, 0.3) is 11.3 Å². The smallest absolute Gasteiger partial charge is 0.337 e. The molecule has 0 spiro atoms. The number of aromatic nitrogens is 2. The molecule has 1 aromatic heterocycles. The van der Waals surface area contributed by atoms with E-state index in [1.807, 2.05) is 37.3 Å². The molecular formula is C22H20N4O4. The van der Waals surface area contributed by atoms with Crippen molar-refractivity contribution in [1.29, 1.82) is 0 Å². The van der Waals surface area contributed by atoms with E-state index in [9.17, 15) is 14.4 Å². The molecule has 152 valence electrons. The first-order valence-electron chi connectivity index (χ1n) is 9.41. The summed E-state index contributed by atoms with van der Waals surface area (Å²) >= 11 is 0. The van der Waals surface area contributed by atoms with Gasteiger partial charge in [0.1, 0.15) is 11.9 Å². The number of esters is 1. The Bertz CT molecular complexity index is 1120. The largest absolute Gasteiger partial charge is 0.465 e. The summed E-state index contributed by atoms with van der Waals surface area (Å²) in [6.07, 6.45) is -0.0194. The highest BCUT2D eigenvalue weighted by Gasteiger charge is 2.34. The molecule has 8 heteroatoms. The van der Waals surface area contributed by atoms with Crippen molar-refractivity contribution in [1.82, 2.24) is 9.78 Å². The summed E-state index contributed by atoms with van der Waals surface area (Å²) in [4.78, 5) is 36.8. The summed E-state index contributed by atoms with van der Waals surface area (Å²) < 4.78 is 6.24. The molecule has 0 saturated carbocycles. The second-order valence-electron chi connectivity index (χ2n) is 6.96. The monoisotopic (exact) mass is 404 g/mol. The fourth-order valence-corrected chi connectivity index (χ4v) is 3.45. The molecule has 1 unspecified atom stereocenters. The van der Waals surface area contributed by atoms with Gasteiger partial charge in [0.25, 0.3) is 0 Å². The van der Waals surface area contributed by atoms with E-state index in [2.05, 4.69) is 20.5 Å². The van der Waals surface area contributed by atoms with Crippen LogP contribution in [0.1, 0.15) is 28.4 Å². The maximum absolute atomic E-state index is 13.0. The molecule has 2 aromatic carbocycles. The maximum Gasteiger partial charge on any atom is 0.337 e. The van der Waals surface area contributed by atoms with Gasteiger partial charge in [-0.1, -0.05) is 30.3 Å². The summed E-state index contributed by atoms with van der Waals surface area (Å²) in [7, 11) is 1.31. The summed E-state index contributed by atoms with van der Waals surface area (Å²) in [6.45, 7) is 1.87. The lowest BCUT2D eigenvalue weighted by Gasteiger charge is -2.24. The van der Waals surface area contributed by atoms with Gasteiger partial charge in [0.2, 0.25) is 11.8 Å². The Morgan fingerprint density at radius 3 is 2.50 bits per heavy atom. The van der Waals surface area contributed by atoms with E-state index in [4.69, 9.17) is 0 Å². The number of hydrogen-bond acceptors (Lipinski definition) is 5. The molecular weight excluding hydrogens is 384 g/mol. The summed E-state index contributed by atoms with van der Waals surface area (Å²) in [5.74, 6) is -0.543. The van der Waals surface area contributed by atoms with Crippen LogP contribution >= 0.6 is 0 Å². The van der Waals surface area contributed by atoms with E-state index in [0.717, 1.165) is 11.1 Å². The van der Waals surface area contributed by atoms with Crippen LogP contribution in [0.3, 0.4) is 0 Å². The zero-order valence-electron chi connectivity index (χ0n) is 16.5. The Morgan fingerprint density at radius 2 is 1.83 bits per heavy atom. The molecule has 0 aliphatic carbocycles. The van der Waals surface area contributed by atoms with Crippen LogP contribution in [0, 0.1) is 6.92 Å². The molecule has 8 nitrogen and oxygen atoms in total. The fraction of sp³-hybridized carbons (Fsp3) is 0.182. The molecule has 1 atom stereocenters. The van der Waals surface area contributed by atoms with Gasteiger partial charge in [-0.15, -0.1) is 0 Å². The average molecular weight is 404 g/mol. The number of hydrogen-bond donors (Lipinski definition) is 2. The second kappa shape index (κ2) is 7.82. The predicted octanol–water partition coefficient (Wildman–Crippen LogP) is 3.17. The van der Waals surface area contributed by atoms with Crippen molar-refractivity contribution in [2.75, 3.05) is 17.7 Å². The van der Waals surface area contributed by atoms with Crippen LogP contribution in [-0.4, -0.2) is 34.7 Å². The number of rotatable bonds is 4. The number of carbonyl (C=O) groups is 3. The van der Waals surface area contributed by atoms with Crippen LogP contribution in [0.15, 0.2) is 54.6 Å². The number of carbonyl (C=O) groups excluding carboxylic acids is 3. The van der Waals surface area contributed by atoms with Crippen LogP contribution < -0.4 is 10.6 Å². The Morgan fingerprint density at radius 1 is 1.13 bits per heavy atom. The predicted molar refractivity (Wildman–Crippen MR) is 111 cm³/mol. The highest BCUT2D eigenvalue weighted by molar-refractivity contribution is 6.02. The van der Waals surface area contributed by atoms with Gasteiger partial charge in [-0.05, 0) is 31.2 Å². The number of nitrogens with zero attached hydrogens (tertiary/aromatic N) is 2. The molecule has 1 aliphatic rings. The topological polar surface area (TPSA) is 102 Å². The lowest BCUT2D eigenvalue weighted by Crippen LogP contribution is -2.35. The van der Waals surface area contributed by atoms with Crippen LogP contribution in [0.5, 0.6) is 0 Å². The number of nitrogens with one attached hydrogen (secondary N) is 2. The number of amides is 2. The van der Waals surface area contributed by atoms with Crippen molar-refractivity contribution < 1.29 is 19.1 Å². The first-order valence-corrected chi connectivity index (χ1v) is 9.41. The molecule has 3 aromatic rings. The van der Waals surface area contributed by atoms with Crippen molar-refractivity contribution in [3.8, 4) is 11.3 Å². The Kier molecular flexibility index (Phi) is 5.05. The number of fused-ring (bicyclic) bond motifs is 1. The molecule has 0 bridgehead atoms. The van der Waals surface area contributed by atoms with Gasteiger partial charge in [0, 0.05) is 16.8 Å². The van der Waals surface area contributed by atoms with Crippen molar-refractivity contribution in [2.45, 2.75) is 19.4 Å². The number of benzene rings is 2. The molecule has 2 amide bonds. The van der Waals surface area contributed by atoms with Gasteiger partial charge in [0.05, 0.1) is 24.8 Å². The van der Waals surface area contributed by atoms with Crippen molar-refractivity contribution in [3.63, 3.8) is 0 Å². The summed E-state index contributed by atoms with van der Waals surface area (Å²) in [5, 5.41) is 10.2. The zero-order valence-corrected chi connectivity index (χ0v) is 16.5. The van der Waals surface area contributed by atoms with E-state index in [0.29, 0.717) is 22.8 Å². The van der Waals surface area contributed by atoms with Crippen LogP contribution in [0.4, 0.5) is 11.5 Å². The SMILES string of the molecule is COC(=O)c1ccc(NC(=O)C2CC(=O)Nc3c(C)c(-c4ccccc4)nn32)cc1. The molecule has 0 fully saturated rings. The molecule has 30 heavy (non-hydrogen) atoms. The number of ether oxygens (including phenoxy) is 1. The van der Waals surface area contributed by atoms with Crippen LogP contribution in [0.2, 0.25) is 0 Å². The van der Waals surface area contributed by atoms with Gasteiger partial charge >= 0.3 is 5.97 Å². The minimum atomic E-state index is -0.787. The van der Waals surface area contributed by atoms with E-state index in [1.165, 1.54) is 7.11 Å². The standard InChI is InChI=1S/C22H20N4O4/c1-13-19(14-6-4-3-5-7-14)25-26-17(12-18(27)24-20(13)26)21(28)23-16-10-8-15(9-11-16)22(29)30-2/h3-11,17H,12H2,1-2H3,(H,23,28)(H,24,27). The molecule has 0 radical (unpaired) electrons. The van der Waals surface area contributed by atoms with E-state index in [-0.39, 0.29) is 18.2 Å².